The maximum atomic E-state index is 4.94. The molecule has 0 spiro atoms. The highest BCUT2D eigenvalue weighted by molar-refractivity contribution is 9.10. The Labute approximate surface area is 145 Å². The van der Waals surface area contributed by atoms with Crippen LogP contribution in [0.2, 0.25) is 0 Å². The zero-order valence-corrected chi connectivity index (χ0v) is 14.8. The lowest BCUT2D eigenvalue weighted by Crippen LogP contribution is -2.27. The summed E-state index contributed by atoms with van der Waals surface area (Å²) < 4.78 is 3.49. The van der Waals surface area contributed by atoms with Gasteiger partial charge in [-0.05, 0) is 37.1 Å². The molecule has 2 aromatic carbocycles. The van der Waals surface area contributed by atoms with Crippen molar-refractivity contribution in [3.63, 3.8) is 0 Å². The zero-order chi connectivity index (χ0) is 15.8. The highest BCUT2D eigenvalue weighted by Crippen LogP contribution is 2.30. The molecule has 0 N–H and O–H groups in total. The molecule has 0 radical (unpaired) electrons. The maximum Gasteiger partial charge on any atom is 0.127 e. The minimum absolute atomic E-state index is 0.323. The monoisotopic (exact) mass is 369 g/mol. The van der Waals surface area contributed by atoms with Crippen LogP contribution in [0.15, 0.2) is 53.0 Å². The summed E-state index contributed by atoms with van der Waals surface area (Å²) in [7, 11) is 0. The summed E-state index contributed by atoms with van der Waals surface area (Å²) in [6, 6.07) is 17.4. The highest BCUT2D eigenvalue weighted by Gasteiger charge is 2.25. The fraction of sp³-hybridized carbons (Fsp3) is 0.316. The number of fused-ring (bicyclic) bond motifs is 3. The van der Waals surface area contributed by atoms with Crippen LogP contribution in [0.5, 0.6) is 0 Å². The predicted molar refractivity (Wildman–Crippen MR) is 97.3 cm³/mol. The van der Waals surface area contributed by atoms with Crippen LogP contribution < -0.4 is 0 Å². The van der Waals surface area contributed by atoms with Crippen LogP contribution in [0.25, 0.3) is 11.0 Å². The molecule has 4 rings (SSSR count). The van der Waals surface area contributed by atoms with Crippen LogP contribution in [0.1, 0.15) is 30.8 Å². The normalized spacial score (nSPS) is 18.8. The summed E-state index contributed by atoms with van der Waals surface area (Å²) >= 11 is 3.55. The third-order valence-electron chi connectivity index (χ3n) is 4.72. The Bertz CT molecular complexity index is 825. The molecule has 0 saturated heterocycles. The third kappa shape index (κ3) is 2.81. The van der Waals surface area contributed by atoms with Gasteiger partial charge in [-0.1, -0.05) is 46.3 Å². The molecular formula is C19H20BrN3. The minimum atomic E-state index is 0.323. The molecule has 2 heterocycles. The molecule has 0 saturated carbocycles. The number of hydrogen-bond acceptors (Lipinski definition) is 2. The summed E-state index contributed by atoms with van der Waals surface area (Å²) in [5, 5.41) is 0. The van der Waals surface area contributed by atoms with Gasteiger partial charge in [-0.2, -0.15) is 0 Å². The lowest BCUT2D eigenvalue weighted by molar-refractivity contribution is 0.202. The van der Waals surface area contributed by atoms with E-state index >= 15 is 0 Å². The standard InChI is InChI=1S/C19H20BrN3/c1-14-19-21-17-12-16(20)8-9-18(17)23(19)11-5-10-22(14)13-15-6-3-2-4-7-15/h2-4,6-9,12,14H,5,10-11,13H2,1H3. The number of halogens is 1. The van der Waals surface area contributed by atoms with Gasteiger partial charge in [0, 0.05) is 24.1 Å². The topological polar surface area (TPSA) is 21.1 Å². The summed E-state index contributed by atoms with van der Waals surface area (Å²) in [5.41, 5.74) is 3.70. The molecule has 1 unspecified atom stereocenters. The molecule has 0 amide bonds. The Morgan fingerprint density at radius 1 is 1.13 bits per heavy atom. The predicted octanol–water partition coefficient (Wildman–Crippen LogP) is 4.77. The number of aromatic nitrogens is 2. The zero-order valence-electron chi connectivity index (χ0n) is 13.2. The minimum Gasteiger partial charge on any atom is -0.327 e. The van der Waals surface area contributed by atoms with E-state index in [1.165, 1.54) is 16.9 Å². The van der Waals surface area contributed by atoms with Crippen LogP contribution in [-0.2, 0) is 13.1 Å². The average Bonchev–Trinajstić information content (AvgIpc) is 2.84. The van der Waals surface area contributed by atoms with E-state index in [2.05, 4.69) is 80.9 Å². The van der Waals surface area contributed by atoms with Crippen LogP contribution in [0.3, 0.4) is 0 Å². The summed E-state index contributed by atoms with van der Waals surface area (Å²) in [4.78, 5) is 7.48. The summed E-state index contributed by atoms with van der Waals surface area (Å²) in [6.07, 6.45) is 1.16. The van der Waals surface area contributed by atoms with Gasteiger partial charge in [-0.3, -0.25) is 4.90 Å². The van der Waals surface area contributed by atoms with Crippen molar-refractivity contribution in [1.82, 2.24) is 14.5 Å². The van der Waals surface area contributed by atoms with Crippen molar-refractivity contribution in [1.29, 1.82) is 0 Å². The first kappa shape index (κ1) is 14.9. The van der Waals surface area contributed by atoms with Crippen molar-refractivity contribution in [2.75, 3.05) is 6.54 Å². The van der Waals surface area contributed by atoms with E-state index in [0.717, 1.165) is 36.0 Å². The molecule has 118 valence electrons. The average molecular weight is 370 g/mol. The molecule has 1 atom stereocenters. The van der Waals surface area contributed by atoms with Gasteiger partial charge in [-0.25, -0.2) is 4.98 Å². The molecule has 0 aliphatic carbocycles. The van der Waals surface area contributed by atoms with Crippen LogP contribution >= 0.6 is 15.9 Å². The van der Waals surface area contributed by atoms with Crippen molar-refractivity contribution < 1.29 is 0 Å². The number of rotatable bonds is 2. The molecule has 0 bridgehead atoms. The van der Waals surface area contributed by atoms with Gasteiger partial charge in [-0.15, -0.1) is 0 Å². The first-order chi connectivity index (χ1) is 11.2. The fourth-order valence-corrected chi connectivity index (χ4v) is 3.85. The van der Waals surface area contributed by atoms with Crippen molar-refractivity contribution >= 4 is 27.0 Å². The fourth-order valence-electron chi connectivity index (χ4n) is 3.50. The van der Waals surface area contributed by atoms with Crippen LogP contribution in [0, 0.1) is 0 Å². The van der Waals surface area contributed by atoms with Crippen molar-refractivity contribution in [2.45, 2.75) is 32.5 Å². The maximum absolute atomic E-state index is 4.94. The van der Waals surface area contributed by atoms with E-state index in [1.54, 1.807) is 0 Å². The van der Waals surface area contributed by atoms with E-state index in [0.29, 0.717) is 6.04 Å². The molecule has 4 heteroatoms. The number of aryl methyl sites for hydroxylation is 1. The second kappa shape index (κ2) is 6.10. The van der Waals surface area contributed by atoms with Gasteiger partial charge in [0.25, 0.3) is 0 Å². The Morgan fingerprint density at radius 3 is 2.78 bits per heavy atom. The lowest BCUT2D eigenvalue weighted by atomic mass is 10.1. The molecule has 0 fully saturated rings. The van der Waals surface area contributed by atoms with E-state index in [4.69, 9.17) is 4.98 Å². The Balaban J connectivity index is 1.70. The first-order valence-electron chi connectivity index (χ1n) is 8.16. The highest BCUT2D eigenvalue weighted by atomic mass is 79.9. The number of hydrogen-bond donors (Lipinski definition) is 0. The summed E-state index contributed by atoms with van der Waals surface area (Å²) in [6.45, 7) is 5.41. The molecule has 23 heavy (non-hydrogen) atoms. The van der Waals surface area contributed by atoms with E-state index < -0.39 is 0 Å². The second-order valence-corrected chi connectivity index (χ2v) is 7.16. The van der Waals surface area contributed by atoms with Gasteiger partial charge in [0.15, 0.2) is 0 Å². The largest absolute Gasteiger partial charge is 0.327 e. The Hall–Kier alpha value is -1.65. The van der Waals surface area contributed by atoms with Crippen LogP contribution in [-0.4, -0.2) is 21.0 Å². The van der Waals surface area contributed by atoms with E-state index in [-0.39, 0.29) is 0 Å². The summed E-state index contributed by atoms with van der Waals surface area (Å²) in [5.74, 6) is 1.19. The van der Waals surface area contributed by atoms with Gasteiger partial charge >= 0.3 is 0 Å². The number of benzene rings is 2. The molecule has 3 aromatic rings. The van der Waals surface area contributed by atoms with Crippen molar-refractivity contribution in [3.8, 4) is 0 Å². The number of imidazole rings is 1. The van der Waals surface area contributed by atoms with Gasteiger partial charge in [0.1, 0.15) is 5.82 Å². The second-order valence-electron chi connectivity index (χ2n) is 6.24. The van der Waals surface area contributed by atoms with Gasteiger partial charge < -0.3 is 4.57 Å². The molecule has 3 nitrogen and oxygen atoms in total. The smallest absolute Gasteiger partial charge is 0.127 e. The third-order valence-corrected chi connectivity index (χ3v) is 5.21. The van der Waals surface area contributed by atoms with Gasteiger partial charge in [0.2, 0.25) is 0 Å². The number of nitrogens with zero attached hydrogens (tertiary/aromatic N) is 3. The molecule has 1 aromatic heterocycles. The molecular weight excluding hydrogens is 350 g/mol. The quantitative estimate of drug-likeness (QED) is 0.648. The van der Waals surface area contributed by atoms with Crippen LogP contribution in [0.4, 0.5) is 0 Å². The van der Waals surface area contributed by atoms with E-state index in [1.807, 2.05) is 0 Å². The Morgan fingerprint density at radius 2 is 1.96 bits per heavy atom. The molecule has 1 aliphatic heterocycles. The van der Waals surface area contributed by atoms with Gasteiger partial charge in [0.05, 0.1) is 17.1 Å². The first-order valence-corrected chi connectivity index (χ1v) is 8.95. The van der Waals surface area contributed by atoms with Crippen molar-refractivity contribution in [2.24, 2.45) is 0 Å². The van der Waals surface area contributed by atoms with E-state index in [9.17, 15) is 0 Å². The SMILES string of the molecule is CC1c2nc3cc(Br)ccc3n2CCCN1Cc1ccccc1. The molecule has 1 aliphatic rings. The Kier molecular flexibility index (Phi) is 3.95. The lowest BCUT2D eigenvalue weighted by Gasteiger charge is -2.26. The van der Waals surface area contributed by atoms with Crippen molar-refractivity contribution in [3.05, 3.63) is 64.4 Å².